The van der Waals surface area contributed by atoms with Crippen LogP contribution in [-0.4, -0.2) is 47.9 Å². The van der Waals surface area contributed by atoms with Crippen LogP contribution in [0.25, 0.3) is 11.1 Å². The Morgan fingerprint density at radius 1 is 1.03 bits per heavy atom. The zero-order valence-corrected chi connectivity index (χ0v) is 23.2. The topological polar surface area (TPSA) is 72.1 Å². The van der Waals surface area contributed by atoms with Crippen LogP contribution in [0.1, 0.15) is 29.6 Å². The lowest BCUT2D eigenvalue weighted by Gasteiger charge is -2.23. The molecule has 0 radical (unpaired) electrons. The highest BCUT2D eigenvalue weighted by Crippen LogP contribution is 2.29. The average molecular weight is 540 g/mol. The minimum atomic E-state index is -0.248. The summed E-state index contributed by atoms with van der Waals surface area (Å²) in [6, 6.07) is 23.1. The Morgan fingerprint density at radius 2 is 1.77 bits per heavy atom. The molecule has 0 atom stereocenters. The monoisotopic (exact) mass is 539 g/mol. The van der Waals surface area contributed by atoms with Crippen molar-refractivity contribution in [2.75, 3.05) is 31.7 Å². The number of aliphatic imine (C=N–C) groups is 1. The van der Waals surface area contributed by atoms with Crippen molar-refractivity contribution in [3.05, 3.63) is 111 Å². The molecule has 1 aromatic heterocycles. The molecule has 0 N–H and O–H groups in total. The minimum absolute atomic E-state index is 0.248. The molecule has 1 aliphatic heterocycles. The Balaban J connectivity index is 1.67. The summed E-state index contributed by atoms with van der Waals surface area (Å²) in [4.78, 5) is 25.9. The maximum absolute atomic E-state index is 13.8. The largest absolute Gasteiger partial charge is 0.383 e. The van der Waals surface area contributed by atoms with E-state index in [1.54, 1.807) is 13.2 Å². The zero-order chi connectivity index (χ0) is 27.5. The van der Waals surface area contributed by atoms with Crippen LogP contribution >= 0.6 is 11.6 Å². The first-order valence-corrected chi connectivity index (χ1v) is 13.3. The van der Waals surface area contributed by atoms with Crippen LogP contribution in [0.15, 0.2) is 87.7 Å². The van der Waals surface area contributed by atoms with E-state index in [1.807, 2.05) is 68.4 Å². The smallest absolute Gasteiger partial charge is 0.282 e. The van der Waals surface area contributed by atoms with E-state index >= 15 is 0 Å². The number of benzene rings is 3. The molecule has 0 aliphatic carbocycles. The van der Waals surface area contributed by atoms with Gasteiger partial charge in [-0.05, 0) is 56.2 Å². The molecular formula is C31H30ClN5O2. The summed E-state index contributed by atoms with van der Waals surface area (Å²) in [5.41, 5.74) is 6.23. The fourth-order valence-electron chi connectivity index (χ4n) is 4.75. The van der Waals surface area contributed by atoms with E-state index in [9.17, 15) is 4.79 Å². The van der Waals surface area contributed by atoms with E-state index in [-0.39, 0.29) is 5.56 Å². The van der Waals surface area contributed by atoms with E-state index < -0.39 is 0 Å². The first kappa shape index (κ1) is 26.5. The lowest BCUT2D eigenvalue weighted by atomic mass is 10.0. The molecule has 0 unspecified atom stereocenters. The molecule has 8 heteroatoms. The van der Waals surface area contributed by atoms with Gasteiger partial charge >= 0.3 is 0 Å². The number of hydrogen-bond donors (Lipinski definition) is 0. The molecule has 5 rings (SSSR count). The maximum atomic E-state index is 13.8. The summed E-state index contributed by atoms with van der Waals surface area (Å²) >= 11 is 6.60. The molecule has 7 nitrogen and oxygen atoms in total. The predicted octanol–water partition coefficient (Wildman–Crippen LogP) is 6.04. The molecule has 3 aromatic carbocycles. The first-order chi connectivity index (χ1) is 18.9. The number of anilines is 1. The fourth-order valence-corrected chi connectivity index (χ4v) is 4.97. The number of rotatable bonds is 8. The molecular weight excluding hydrogens is 510 g/mol. The Hall–Kier alpha value is -4.07. The summed E-state index contributed by atoms with van der Waals surface area (Å²) < 4.78 is 6.62. The Labute approximate surface area is 233 Å². The molecule has 0 spiro atoms. The lowest BCUT2D eigenvalue weighted by molar-refractivity contribution is 0.205. The third-order valence-corrected chi connectivity index (χ3v) is 7.12. The van der Waals surface area contributed by atoms with Gasteiger partial charge in [0.2, 0.25) is 0 Å². The third kappa shape index (κ3) is 5.15. The highest BCUT2D eigenvalue weighted by molar-refractivity contribution is 6.56. The number of methoxy groups -OCH3 is 1. The van der Waals surface area contributed by atoms with Crippen LogP contribution in [0, 0.1) is 13.8 Å². The summed E-state index contributed by atoms with van der Waals surface area (Å²) in [5.74, 6) is 0.394. The van der Waals surface area contributed by atoms with Crippen molar-refractivity contribution in [3.63, 3.8) is 0 Å². The van der Waals surface area contributed by atoms with Gasteiger partial charge in [0.1, 0.15) is 11.4 Å². The van der Waals surface area contributed by atoms with E-state index in [0.717, 1.165) is 35.6 Å². The van der Waals surface area contributed by atoms with Crippen LogP contribution < -0.4 is 10.5 Å². The second-order valence-electron chi connectivity index (χ2n) is 9.31. The van der Waals surface area contributed by atoms with Crippen molar-refractivity contribution < 1.29 is 4.74 Å². The van der Waals surface area contributed by atoms with Gasteiger partial charge in [-0.25, -0.2) is 9.98 Å². The van der Waals surface area contributed by atoms with Crippen LogP contribution in [0.5, 0.6) is 0 Å². The first-order valence-electron chi connectivity index (χ1n) is 12.9. The summed E-state index contributed by atoms with van der Waals surface area (Å²) in [5, 5.41) is 5.25. The van der Waals surface area contributed by atoms with Gasteiger partial charge in [-0.3, -0.25) is 4.79 Å². The highest BCUT2D eigenvalue weighted by atomic mass is 35.5. The minimum Gasteiger partial charge on any atom is -0.383 e. The van der Waals surface area contributed by atoms with Gasteiger partial charge in [-0.15, -0.1) is 0 Å². The molecule has 2 heterocycles. The van der Waals surface area contributed by atoms with Crippen molar-refractivity contribution >= 4 is 34.4 Å². The van der Waals surface area contributed by atoms with Gasteiger partial charge in [0.15, 0.2) is 5.82 Å². The van der Waals surface area contributed by atoms with Crippen molar-refractivity contribution in [2.24, 2.45) is 10.1 Å². The third-order valence-electron chi connectivity index (χ3n) is 6.79. The second-order valence-corrected chi connectivity index (χ2v) is 9.72. The lowest BCUT2D eigenvalue weighted by Crippen LogP contribution is -2.26. The molecule has 0 saturated heterocycles. The van der Waals surface area contributed by atoms with Crippen molar-refractivity contribution in [1.29, 1.82) is 0 Å². The molecule has 4 aromatic rings. The number of nitrogens with zero attached hydrogens (tertiary/aromatic N) is 5. The number of ether oxygens (including phenoxy) is 1. The van der Waals surface area contributed by atoms with Crippen molar-refractivity contribution in [3.8, 4) is 11.1 Å². The van der Waals surface area contributed by atoms with Gasteiger partial charge in [-0.2, -0.15) is 9.78 Å². The molecule has 0 bridgehead atoms. The number of aromatic nitrogens is 2. The van der Waals surface area contributed by atoms with Crippen LogP contribution in [0.2, 0.25) is 5.02 Å². The van der Waals surface area contributed by atoms with Gasteiger partial charge in [-0.1, -0.05) is 60.1 Å². The van der Waals surface area contributed by atoms with Gasteiger partial charge in [0.05, 0.1) is 28.6 Å². The zero-order valence-electron chi connectivity index (χ0n) is 22.5. The van der Waals surface area contributed by atoms with Crippen LogP contribution in [0.3, 0.4) is 0 Å². The van der Waals surface area contributed by atoms with E-state index in [4.69, 9.17) is 31.4 Å². The maximum Gasteiger partial charge on any atom is 0.282 e. The molecule has 0 saturated carbocycles. The Bertz CT molecular complexity index is 1640. The van der Waals surface area contributed by atoms with Crippen molar-refractivity contribution in [2.45, 2.75) is 20.8 Å². The summed E-state index contributed by atoms with van der Waals surface area (Å²) in [7, 11) is 1.71. The number of halogens is 1. The van der Waals surface area contributed by atoms with Gasteiger partial charge in [0, 0.05) is 31.5 Å². The van der Waals surface area contributed by atoms with Gasteiger partial charge < -0.3 is 9.64 Å². The average Bonchev–Trinajstić information content (AvgIpc) is 3.29. The van der Waals surface area contributed by atoms with Crippen molar-refractivity contribution in [1.82, 2.24) is 9.66 Å². The van der Waals surface area contributed by atoms with Crippen LogP contribution in [0.4, 0.5) is 11.4 Å². The number of hydrogen-bond acceptors (Lipinski definition) is 6. The predicted molar refractivity (Wildman–Crippen MR) is 159 cm³/mol. The standard InChI is InChI=1S/C31H30ClN5O2/c1-5-36(17-18-39-4)23-15-16-26(20(2)19-23)34-29-28(24-13-9-10-14-25(24)32)35-37-30(29)33-21(3)27(31(37)38)22-11-7-6-8-12-22/h6-16,19H,5,17-18H2,1-4H3. The molecule has 0 fully saturated rings. The fraction of sp³-hybridized carbons (Fsp3) is 0.226. The number of likely N-dealkylation sites (N-methyl/N-ethyl adjacent to an activating group) is 1. The Morgan fingerprint density at radius 3 is 2.46 bits per heavy atom. The van der Waals surface area contributed by atoms with E-state index in [2.05, 4.69) is 24.0 Å². The Kier molecular flexibility index (Phi) is 7.72. The van der Waals surface area contributed by atoms with Crippen LogP contribution in [-0.2, 0) is 4.74 Å². The number of aryl methyl sites for hydroxylation is 2. The molecule has 198 valence electrons. The van der Waals surface area contributed by atoms with E-state index in [0.29, 0.717) is 45.7 Å². The van der Waals surface area contributed by atoms with E-state index in [1.165, 1.54) is 4.68 Å². The number of fused-ring (bicyclic) bond motifs is 1. The SMILES string of the molecule is CCN(CCOC)c1ccc(N=C2C(c3ccccc3Cl)=Nn3c2nc(C)c(-c2ccccc2)c3=O)c(C)c1. The second kappa shape index (κ2) is 11.4. The normalized spacial score (nSPS) is 13.5. The molecule has 0 amide bonds. The molecule has 1 aliphatic rings. The summed E-state index contributed by atoms with van der Waals surface area (Å²) in [6.07, 6.45) is 0. The highest BCUT2D eigenvalue weighted by Gasteiger charge is 2.30. The summed E-state index contributed by atoms with van der Waals surface area (Å²) in [6.45, 7) is 8.30. The van der Waals surface area contributed by atoms with Gasteiger partial charge in [0.25, 0.3) is 5.56 Å². The molecule has 39 heavy (non-hydrogen) atoms. The quantitative estimate of drug-likeness (QED) is 0.274.